The van der Waals surface area contributed by atoms with Gasteiger partial charge in [-0.25, -0.2) is 0 Å². The molecule has 0 aromatic rings. The Morgan fingerprint density at radius 3 is 2.17 bits per heavy atom. The normalized spacial score (nSPS) is 11.5. The van der Waals surface area contributed by atoms with Crippen molar-refractivity contribution < 1.29 is 5.11 Å². The van der Waals surface area contributed by atoms with Gasteiger partial charge in [0.05, 0.1) is 6.26 Å². The minimum absolute atomic E-state index is 1.00. The summed E-state index contributed by atoms with van der Waals surface area (Å²) in [6.45, 7) is 1.89. The lowest BCUT2D eigenvalue weighted by Crippen LogP contribution is -1.44. The Bertz CT molecular complexity index is 52.3. The third-order valence-electron chi connectivity index (χ3n) is 0.390. The van der Waals surface area contributed by atoms with Crippen LogP contribution in [0.3, 0.4) is 0 Å². The van der Waals surface area contributed by atoms with Crippen molar-refractivity contribution in [2.24, 2.45) is 0 Å². The fraction of sp³-hybridized carbons (Fsp3) is 0.200. The lowest BCUT2D eigenvalue weighted by atomic mass is 10.5. The maximum absolute atomic E-state index is 7.97. The topological polar surface area (TPSA) is 20.2 Å². The fourth-order valence-corrected chi connectivity index (χ4v) is 0.161. The first-order chi connectivity index (χ1) is 2.91. The Labute approximate surface area is 37.6 Å². The summed E-state index contributed by atoms with van der Waals surface area (Å²) in [4.78, 5) is 0. The summed E-state index contributed by atoms with van der Waals surface area (Å²) in [7, 11) is 0. The first-order valence-electron chi connectivity index (χ1n) is 1.84. The molecular weight excluding hydrogens is 76.1 g/mol. The number of allylic oxidation sites excluding steroid dienone is 3. The van der Waals surface area contributed by atoms with Crippen molar-refractivity contribution in [3.63, 3.8) is 0 Å². The van der Waals surface area contributed by atoms with E-state index >= 15 is 0 Å². The van der Waals surface area contributed by atoms with Crippen molar-refractivity contribution in [2.45, 2.75) is 6.92 Å². The summed E-state index contributed by atoms with van der Waals surface area (Å²) in [6.07, 6.45) is 6.15. The quantitative estimate of drug-likeness (QED) is 0.378. The highest BCUT2D eigenvalue weighted by atomic mass is 16.2. The zero-order valence-electron chi connectivity index (χ0n) is 3.76. The number of hydrogen-bond donors (Lipinski definition) is 1. The molecular formula is C5H8O. The lowest BCUT2D eigenvalue weighted by molar-refractivity contribution is 0.473. The molecule has 0 aliphatic carbocycles. The number of hydrogen-bond acceptors (Lipinski definition) is 1. The van der Waals surface area contributed by atoms with Gasteiger partial charge >= 0.3 is 0 Å². The van der Waals surface area contributed by atoms with Crippen LogP contribution in [-0.2, 0) is 0 Å². The molecule has 0 aromatic heterocycles. The van der Waals surface area contributed by atoms with Crippen molar-refractivity contribution >= 4 is 0 Å². The summed E-state index contributed by atoms with van der Waals surface area (Å²) in [6, 6.07) is 0. The summed E-state index contributed by atoms with van der Waals surface area (Å²) in [5, 5.41) is 7.97. The van der Waals surface area contributed by atoms with Gasteiger partial charge < -0.3 is 5.11 Å². The van der Waals surface area contributed by atoms with Crippen LogP contribution in [0.4, 0.5) is 0 Å². The molecule has 0 spiro atoms. The van der Waals surface area contributed by atoms with Gasteiger partial charge in [0, 0.05) is 0 Å². The minimum atomic E-state index is 1.00. The van der Waals surface area contributed by atoms with Crippen molar-refractivity contribution in [1.29, 1.82) is 0 Å². The lowest BCUT2D eigenvalue weighted by Gasteiger charge is -1.63. The Balaban J connectivity index is 3.07. The molecule has 0 atom stereocenters. The van der Waals surface area contributed by atoms with Gasteiger partial charge in [-0.05, 0) is 13.0 Å². The molecule has 6 heavy (non-hydrogen) atoms. The molecule has 1 N–H and O–H groups in total. The number of aliphatic hydroxyl groups excluding tert-OH is 1. The molecule has 0 fully saturated rings. The van der Waals surface area contributed by atoms with Crippen molar-refractivity contribution in [3.8, 4) is 0 Å². The Morgan fingerprint density at radius 2 is 2.00 bits per heavy atom. The van der Waals surface area contributed by atoms with Crippen molar-refractivity contribution in [2.75, 3.05) is 0 Å². The van der Waals surface area contributed by atoms with Crippen molar-refractivity contribution in [1.82, 2.24) is 0 Å². The van der Waals surface area contributed by atoms with Crippen LogP contribution in [0.15, 0.2) is 24.5 Å². The predicted molar refractivity (Wildman–Crippen MR) is 26.6 cm³/mol. The maximum atomic E-state index is 7.97. The Morgan fingerprint density at radius 1 is 1.33 bits per heavy atom. The first-order valence-corrected chi connectivity index (χ1v) is 1.84. The molecule has 0 aromatic carbocycles. The Hall–Kier alpha value is -0.720. The molecule has 34 valence electrons. The smallest absolute Gasteiger partial charge is 0.0791 e. The molecule has 0 radical (unpaired) electrons. The number of rotatable bonds is 1. The van der Waals surface area contributed by atoms with Crippen molar-refractivity contribution in [3.05, 3.63) is 24.5 Å². The molecule has 0 saturated heterocycles. The predicted octanol–water partition coefficient (Wildman–Crippen LogP) is 1.63. The molecule has 1 heteroatoms. The van der Waals surface area contributed by atoms with E-state index in [1.54, 1.807) is 12.2 Å². The van der Waals surface area contributed by atoms with Gasteiger partial charge in [0.25, 0.3) is 0 Å². The van der Waals surface area contributed by atoms with Crippen LogP contribution in [0.1, 0.15) is 6.92 Å². The average molecular weight is 84.1 g/mol. The molecule has 0 rings (SSSR count). The van der Waals surface area contributed by atoms with E-state index in [0.717, 1.165) is 6.26 Å². The van der Waals surface area contributed by atoms with Crippen LogP contribution in [-0.4, -0.2) is 5.11 Å². The molecule has 0 aliphatic heterocycles. The van der Waals surface area contributed by atoms with Gasteiger partial charge in [-0.15, -0.1) is 0 Å². The van der Waals surface area contributed by atoms with E-state index in [1.807, 2.05) is 13.0 Å². The zero-order valence-corrected chi connectivity index (χ0v) is 3.76. The van der Waals surface area contributed by atoms with Gasteiger partial charge in [0.2, 0.25) is 0 Å². The summed E-state index contributed by atoms with van der Waals surface area (Å²) in [5.74, 6) is 0. The van der Waals surface area contributed by atoms with Gasteiger partial charge in [0.15, 0.2) is 0 Å². The summed E-state index contributed by atoms with van der Waals surface area (Å²) < 4.78 is 0. The highest BCUT2D eigenvalue weighted by molar-refractivity contribution is 4.96. The molecule has 0 amide bonds. The van der Waals surface area contributed by atoms with E-state index in [2.05, 4.69) is 0 Å². The third-order valence-corrected chi connectivity index (χ3v) is 0.390. The van der Waals surface area contributed by atoms with Crippen LogP contribution in [0, 0.1) is 0 Å². The van der Waals surface area contributed by atoms with Crippen LogP contribution >= 0.6 is 0 Å². The minimum Gasteiger partial charge on any atom is -0.516 e. The third kappa shape index (κ3) is 3.28. The van der Waals surface area contributed by atoms with Gasteiger partial charge in [-0.3, -0.25) is 0 Å². The Kier molecular flexibility index (Phi) is 3.77. The van der Waals surface area contributed by atoms with E-state index in [-0.39, 0.29) is 0 Å². The molecule has 0 saturated carbocycles. The average Bonchev–Trinajstić information content (AvgIpc) is 1.61. The van der Waals surface area contributed by atoms with E-state index in [4.69, 9.17) is 5.11 Å². The monoisotopic (exact) mass is 84.1 g/mol. The highest BCUT2D eigenvalue weighted by Crippen LogP contribution is 1.69. The molecule has 0 unspecified atom stereocenters. The second kappa shape index (κ2) is 4.28. The summed E-state index contributed by atoms with van der Waals surface area (Å²) >= 11 is 0. The SMILES string of the molecule is CC=CC=CO. The highest BCUT2D eigenvalue weighted by Gasteiger charge is 1.50. The van der Waals surface area contributed by atoms with Gasteiger partial charge in [-0.1, -0.05) is 12.2 Å². The van der Waals surface area contributed by atoms with E-state index in [1.165, 1.54) is 0 Å². The van der Waals surface area contributed by atoms with Crippen LogP contribution < -0.4 is 0 Å². The standard InChI is InChI=1S/C5H8O/c1-2-3-4-5-6/h2-6H,1H3. The second-order valence-electron chi connectivity index (χ2n) is 0.867. The van der Waals surface area contributed by atoms with E-state index < -0.39 is 0 Å². The fourth-order valence-electron chi connectivity index (χ4n) is 0.161. The van der Waals surface area contributed by atoms with Gasteiger partial charge in [-0.2, -0.15) is 0 Å². The van der Waals surface area contributed by atoms with Crippen LogP contribution in [0.25, 0.3) is 0 Å². The van der Waals surface area contributed by atoms with E-state index in [0.29, 0.717) is 0 Å². The first kappa shape index (κ1) is 5.28. The summed E-state index contributed by atoms with van der Waals surface area (Å²) in [5.41, 5.74) is 0. The molecule has 0 heterocycles. The molecule has 1 nitrogen and oxygen atoms in total. The molecule has 0 aliphatic rings. The number of aliphatic hydroxyl groups is 1. The maximum Gasteiger partial charge on any atom is 0.0791 e. The van der Waals surface area contributed by atoms with Crippen LogP contribution in [0.2, 0.25) is 0 Å². The molecule has 0 bridgehead atoms. The van der Waals surface area contributed by atoms with Crippen LogP contribution in [0.5, 0.6) is 0 Å². The van der Waals surface area contributed by atoms with E-state index in [9.17, 15) is 0 Å². The van der Waals surface area contributed by atoms with Gasteiger partial charge in [0.1, 0.15) is 0 Å². The largest absolute Gasteiger partial charge is 0.516 e. The zero-order chi connectivity index (χ0) is 4.83. The second-order valence-corrected chi connectivity index (χ2v) is 0.867.